The lowest BCUT2D eigenvalue weighted by molar-refractivity contribution is 0.00520. The van der Waals surface area contributed by atoms with E-state index in [2.05, 4.69) is 30.7 Å². The Hall–Kier alpha value is -3.89. The molecule has 1 aliphatic heterocycles. The molecule has 1 aliphatic carbocycles. The first kappa shape index (κ1) is 24.2. The van der Waals surface area contributed by atoms with Gasteiger partial charge in [0.15, 0.2) is 5.65 Å². The van der Waals surface area contributed by atoms with E-state index in [4.69, 9.17) is 15.6 Å². The second kappa shape index (κ2) is 10.0. The van der Waals surface area contributed by atoms with Gasteiger partial charge in [0.25, 0.3) is 0 Å². The van der Waals surface area contributed by atoms with E-state index in [1.54, 1.807) is 18.3 Å². The van der Waals surface area contributed by atoms with Crippen LogP contribution in [0.3, 0.4) is 0 Å². The Bertz CT molecular complexity index is 1630. The minimum Gasteiger partial charge on any atom is -0.383 e. The number of aromatic nitrogens is 6. The zero-order chi connectivity index (χ0) is 26.3. The third-order valence-corrected chi connectivity index (χ3v) is 8.29. The fourth-order valence-electron chi connectivity index (χ4n) is 6.19. The summed E-state index contributed by atoms with van der Waals surface area (Å²) in [6, 6.07) is 13.8. The Morgan fingerprint density at radius 2 is 1.77 bits per heavy atom. The number of benzene rings is 2. The molecule has 2 N–H and O–H groups in total. The van der Waals surface area contributed by atoms with Crippen LogP contribution in [0.4, 0.5) is 10.2 Å². The van der Waals surface area contributed by atoms with Gasteiger partial charge in [-0.05, 0) is 37.8 Å². The van der Waals surface area contributed by atoms with E-state index in [-0.39, 0.29) is 11.9 Å². The van der Waals surface area contributed by atoms with Crippen LogP contribution in [0.1, 0.15) is 37.3 Å². The molecule has 0 unspecified atom stereocenters. The highest BCUT2D eigenvalue weighted by atomic mass is 19.1. The first-order chi connectivity index (χ1) is 19.2. The molecule has 0 radical (unpaired) electrons. The maximum Gasteiger partial charge on any atom is 0.164 e. The van der Waals surface area contributed by atoms with Crippen molar-refractivity contribution in [3.63, 3.8) is 0 Å². The molecule has 0 spiro atoms. The zero-order valence-electron chi connectivity index (χ0n) is 21.7. The molecule has 2 aliphatic rings. The summed E-state index contributed by atoms with van der Waals surface area (Å²) >= 11 is 0. The molecular weight excluding hydrogens is 495 g/mol. The fraction of sp³-hybridized carbons (Fsp3) is 0.379. The number of nitrogens with zero attached hydrogens (tertiary/aromatic N) is 7. The number of halogens is 1. The van der Waals surface area contributed by atoms with Crippen LogP contribution in [0.5, 0.6) is 0 Å². The van der Waals surface area contributed by atoms with Crippen LogP contribution in [0, 0.1) is 5.82 Å². The molecule has 2 aromatic carbocycles. The van der Waals surface area contributed by atoms with E-state index in [9.17, 15) is 4.39 Å². The Morgan fingerprint density at radius 3 is 2.59 bits per heavy atom. The number of nitrogens with two attached hydrogens (primary N) is 1. The molecule has 200 valence electrons. The first-order valence-corrected chi connectivity index (χ1v) is 13.7. The lowest BCUT2D eigenvalue weighted by Crippen LogP contribution is -2.45. The quantitative estimate of drug-likeness (QED) is 0.362. The predicted octanol–water partition coefficient (Wildman–Crippen LogP) is 4.43. The minimum atomic E-state index is -0.240. The highest BCUT2D eigenvalue weighted by Gasteiger charge is 2.30. The standard InChI is InChI=1S/C29H31FN8O/c30-24-4-2-1-3-21(24)17-37-25-15-19(5-6-20(25)16-34-37)27-26-28(31)32-18-33-29(26)38(35-27)23-9-7-22(8-10-23)36-11-13-39-14-12-36/h1-6,15-16,18,22-23H,7-14,17H2,(H2,31,32,33). The van der Waals surface area contributed by atoms with Crippen LogP contribution in [-0.4, -0.2) is 66.8 Å². The van der Waals surface area contributed by atoms with Crippen molar-refractivity contribution in [1.82, 2.24) is 34.4 Å². The Balaban J connectivity index is 1.23. The Labute approximate surface area is 225 Å². The third kappa shape index (κ3) is 4.43. The zero-order valence-corrected chi connectivity index (χ0v) is 21.7. The van der Waals surface area contributed by atoms with Crippen LogP contribution < -0.4 is 5.73 Å². The molecule has 0 bridgehead atoms. The largest absolute Gasteiger partial charge is 0.383 e. The Morgan fingerprint density at radius 1 is 0.974 bits per heavy atom. The van der Waals surface area contributed by atoms with E-state index >= 15 is 0 Å². The number of hydrogen-bond donors (Lipinski definition) is 1. The number of fused-ring (bicyclic) bond motifs is 2. The van der Waals surface area contributed by atoms with Gasteiger partial charge in [0, 0.05) is 35.6 Å². The second-order valence-corrected chi connectivity index (χ2v) is 10.5. The lowest BCUT2D eigenvalue weighted by Gasteiger charge is -2.38. The van der Waals surface area contributed by atoms with E-state index in [0.29, 0.717) is 24.0 Å². The lowest BCUT2D eigenvalue weighted by atomic mass is 9.90. The maximum atomic E-state index is 14.4. The summed E-state index contributed by atoms with van der Waals surface area (Å²) in [6.45, 7) is 4.03. The molecule has 7 rings (SSSR count). The van der Waals surface area contributed by atoms with Gasteiger partial charge in [-0.15, -0.1) is 0 Å². The molecule has 39 heavy (non-hydrogen) atoms. The molecule has 1 saturated heterocycles. The van der Waals surface area contributed by atoms with Gasteiger partial charge in [0.1, 0.15) is 23.7 Å². The monoisotopic (exact) mass is 526 g/mol. The molecule has 2 fully saturated rings. The summed E-state index contributed by atoms with van der Waals surface area (Å²) in [5, 5.41) is 11.4. The number of rotatable bonds is 5. The molecule has 5 aromatic rings. The summed E-state index contributed by atoms with van der Waals surface area (Å²) in [5.74, 6) is 0.179. The minimum absolute atomic E-state index is 0.240. The van der Waals surface area contributed by atoms with Gasteiger partial charge in [-0.25, -0.2) is 19.0 Å². The summed E-state index contributed by atoms with van der Waals surface area (Å²) in [5.41, 5.74) is 10.4. The fourth-order valence-corrected chi connectivity index (χ4v) is 6.19. The van der Waals surface area contributed by atoms with Gasteiger partial charge >= 0.3 is 0 Å². The topological polar surface area (TPSA) is 99.9 Å². The van der Waals surface area contributed by atoms with E-state index in [0.717, 1.165) is 85.2 Å². The smallest absolute Gasteiger partial charge is 0.164 e. The normalized spacial score (nSPS) is 20.6. The van der Waals surface area contributed by atoms with E-state index in [1.165, 1.54) is 12.4 Å². The summed E-state index contributed by atoms with van der Waals surface area (Å²) in [6.07, 6.45) is 7.66. The van der Waals surface area contributed by atoms with Crippen molar-refractivity contribution >= 4 is 27.8 Å². The van der Waals surface area contributed by atoms with Gasteiger partial charge in [-0.2, -0.15) is 10.2 Å². The average molecular weight is 527 g/mol. The third-order valence-electron chi connectivity index (χ3n) is 8.29. The van der Waals surface area contributed by atoms with Gasteiger partial charge < -0.3 is 10.5 Å². The summed E-state index contributed by atoms with van der Waals surface area (Å²) < 4.78 is 23.8. The van der Waals surface area contributed by atoms with Crippen molar-refractivity contribution in [1.29, 1.82) is 0 Å². The average Bonchev–Trinajstić information content (AvgIpc) is 3.57. The van der Waals surface area contributed by atoms with Crippen LogP contribution >= 0.6 is 0 Å². The van der Waals surface area contributed by atoms with Gasteiger partial charge in [0.2, 0.25) is 0 Å². The number of anilines is 1. The van der Waals surface area contributed by atoms with Crippen LogP contribution in [0.2, 0.25) is 0 Å². The number of morpholine rings is 1. The number of ether oxygens (including phenoxy) is 1. The highest BCUT2D eigenvalue weighted by Crippen LogP contribution is 2.37. The second-order valence-electron chi connectivity index (χ2n) is 10.5. The van der Waals surface area contributed by atoms with Crippen molar-refractivity contribution < 1.29 is 9.13 Å². The maximum absolute atomic E-state index is 14.4. The molecule has 3 aromatic heterocycles. The number of nitrogen functional groups attached to an aromatic ring is 1. The Kier molecular flexibility index (Phi) is 6.21. The molecule has 4 heterocycles. The molecule has 9 nitrogen and oxygen atoms in total. The molecule has 0 amide bonds. The van der Waals surface area contributed by atoms with Gasteiger partial charge in [-0.1, -0.05) is 30.3 Å². The number of hydrogen-bond acceptors (Lipinski definition) is 7. The summed E-state index contributed by atoms with van der Waals surface area (Å²) in [4.78, 5) is 11.5. The van der Waals surface area contributed by atoms with Crippen molar-refractivity contribution in [3.8, 4) is 11.3 Å². The van der Waals surface area contributed by atoms with Crippen LogP contribution in [0.15, 0.2) is 55.0 Å². The van der Waals surface area contributed by atoms with Crippen LogP contribution in [0.25, 0.3) is 33.2 Å². The van der Waals surface area contributed by atoms with E-state index < -0.39 is 0 Å². The molecule has 0 atom stereocenters. The van der Waals surface area contributed by atoms with Crippen molar-refractivity contribution in [2.45, 2.75) is 44.3 Å². The van der Waals surface area contributed by atoms with Gasteiger partial charge in [-0.3, -0.25) is 9.58 Å². The van der Waals surface area contributed by atoms with Crippen molar-refractivity contribution in [2.75, 3.05) is 32.0 Å². The SMILES string of the molecule is Nc1ncnc2c1c(-c1ccc3cnn(Cc4ccccc4F)c3c1)nn2C1CCC(N2CCOCC2)CC1. The molecular formula is C29H31FN8O. The van der Waals surface area contributed by atoms with Crippen LogP contribution in [-0.2, 0) is 11.3 Å². The summed E-state index contributed by atoms with van der Waals surface area (Å²) in [7, 11) is 0. The highest BCUT2D eigenvalue weighted by molar-refractivity contribution is 5.99. The van der Waals surface area contributed by atoms with Crippen molar-refractivity contribution in [3.05, 3.63) is 66.4 Å². The first-order valence-electron chi connectivity index (χ1n) is 13.7. The van der Waals surface area contributed by atoms with E-state index in [1.807, 2.05) is 22.9 Å². The van der Waals surface area contributed by atoms with Gasteiger partial charge in [0.05, 0.1) is 42.9 Å². The van der Waals surface area contributed by atoms with Crippen molar-refractivity contribution in [2.24, 2.45) is 0 Å². The predicted molar refractivity (Wildman–Crippen MR) is 148 cm³/mol. The molecule has 10 heteroatoms. The molecule has 1 saturated carbocycles.